The fourth-order valence-corrected chi connectivity index (χ4v) is 9.36. The van der Waals surface area contributed by atoms with Gasteiger partial charge in [-0.3, -0.25) is 19.2 Å². The van der Waals surface area contributed by atoms with Gasteiger partial charge in [-0.2, -0.15) is 0 Å². The van der Waals surface area contributed by atoms with Crippen LogP contribution in [0.1, 0.15) is 68.2 Å². The van der Waals surface area contributed by atoms with Crippen molar-refractivity contribution in [1.29, 1.82) is 0 Å². The second kappa shape index (κ2) is 16.9. The van der Waals surface area contributed by atoms with E-state index < -0.39 is 47.7 Å². The number of amides is 3. The molecule has 3 amide bonds. The van der Waals surface area contributed by atoms with Crippen LogP contribution in [-0.2, 0) is 28.7 Å². The van der Waals surface area contributed by atoms with E-state index in [4.69, 9.17) is 9.47 Å². The monoisotopic (exact) mass is 777 g/mol. The molecule has 8 atom stereocenters. The quantitative estimate of drug-likeness (QED) is 0.0931. The lowest BCUT2D eigenvalue weighted by molar-refractivity contribution is -0.164. The van der Waals surface area contributed by atoms with Crippen molar-refractivity contribution in [3.8, 4) is 0 Å². The number of allylic oxidation sites excluding steroid dienone is 1. The molecule has 3 heterocycles. The van der Waals surface area contributed by atoms with Crippen molar-refractivity contribution < 1.29 is 33.8 Å². The number of anilines is 1. The molecule has 2 aromatic carbocycles. The normalized spacial score (nSPS) is 25.7. The van der Waals surface area contributed by atoms with Crippen LogP contribution in [0.4, 0.5) is 5.69 Å². The molecule has 1 unspecified atom stereocenters. The number of hydrogen-bond acceptors (Lipinski definition) is 7. The minimum atomic E-state index is -1.28. The van der Waals surface area contributed by atoms with Crippen LogP contribution in [0.25, 0.3) is 0 Å². The number of aliphatic hydroxyl groups excluding tert-OH is 1. The molecular weight excluding hydrogens is 726 g/mol. The van der Waals surface area contributed by atoms with Gasteiger partial charge in [0.2, 0.25) is 11.8 Å². The van der Waals surface area contributed by atoms with E-state index in [-0.39, 0.29) is 48.7 Å². The van der Waals surface area contributed by atoms with E-state index >= 15 is 4.79 Å². The lowest BCUT2D eigenvalue weighted by atomic mass is 9.70. The summed E-state index contributed by atoms with van der Waals surface area (Å²) in [4.78, 5) is 62.0. The Morgan fingerprint density at radius 3 is 2.40 bits per heavy atom. The van der Waals surface area contributed by atoms with Gasteiger partial charge in [-0.05, 0) is 69.6 Å². The first kappa shape index (κ1) is 39.4. The van der Waals surface area contributed by atoms with Crippen LogP contribution in [0.15, 0.2) is 73.8 Å². The van der Waals surface area contributed by atoms with E-state index in [0.29, 0.717) is 37.7 Å². The molecule has 0 aromatic heterocycles. The Bertz CT molecular complexity index is 1630. The molecule has 0 aliphatic carbocycles. The van der Waals surface area contributed by atoms with Crippen LogP contribution in [-0.4, -0.2) is 94.0 Å². The summed E-state index contributed by atoms with van der Waals surface area (Å²) in [6, 6.07) is 13.6. The van der Waals surface area contributed by atoms with Crippen molar-refractivity contribution in [2.75, 3.05) is 31.6 Å². The number of hydrogen-bond donors (Lipinski definition) is 1. The number of benzene rings is 2. The Morgan fingerprint density at radius 1 is 1.08 bits per heavy atom. The van der Waals surface area contributed by atoms with E-state index in [9.17, 15) is 19.5 Å². The highest BCUT2D eigenvalue weighted by Gasteiger charge is 2.77. The highest BCUT2D eigenvalue weighted by Crippen LogP contribution is 2.60. The summed E-state index contributed by atoms with van der Waals surface area (Å²) in [5.41, 5.74) is 2.01. The van der Waals surface area contributed by atoms with E-state index in [0.717, 1.165) is 16.8 Å². The third-order valence-corrected chi connectivity index (χ3v) is 11.9. The third kappa shape index (κ3) is 7.37. The Hall–Kier alpha value is -3.80. The number of halogens is 1. The standard InChI is InChI=1S/C41H52BrN3O7/c1-7-9-21-31(47)43(6)28(5)35(29-19-12-10-13-20-29)51-40(50)32-33-38(48)45(23-14-11-15-24-46)37(41(33)25-30(42)36(32)52-41)39(49)44(22-8-2)34-26(3)17-16-18-27(34)4/h7-8,10,12-13,16-20,28,30,32-33,35-37,46H,1-2,9,11,14-15,21-25H2,3-6H3/t28-,30?,32-,33+,35+,36-,37-,41+/m1/s1. The molecule has 3 fully saturated rings. The minimum Gasteiger partial charge on any atom is -0.455 e. The zero-order valence-corrected chi connectivity index (χ0v) is 32.3. The number of carbonyl (C=O) groups is 4. The van der Waals surface area contributed by atoms with Gasteiger partial charge >= 0.3 is 5.97 Å². The Morgan fingerprint density at radius 2 is 1.77 bits per heavy atom. The summed E-state index contributed by atoms with van der Waals surface area (Å²) in [7, 11) is 1.69. The number of aryl methyl sites for hydroxylation is 2. The van der Waals surface area contributed by atoms with Crippen LogP contribution in [0.3, 0.4) is 0 Å². The van der Waals surface area contributed by atoms with Crippen LogP contribution in [0.5, 0.6) is 0 Å². The average Bonchev–Trinajstić information content (AvgIpc) is 3.73. The van der Waals surface area contributed by atoms with Gasteiger partial charge in [0, 0.05) is 43.7 Å². The number of rotatable bonds is 17. The molecule has 1 spiro atoms. The number of likely N-dealkylation sites (tertiary alicyclic amines) is 1. The maximum absolute atomic E-state index is 15.0. The van der Waals surface area contributed by atoms with Crippen molar-refractivity contribution in [2.45, 2.75) is 94.0 Å². The molecule has 3 aliphatic heterocycles. The predicted octanol–water partition coefficient (Wildman–Crippen LogP) is 5.83. The predicted molar refractivity (Wildman–Crippen MR) is 204 cm³/mol. The fraction of sp³-hybridized carbons (Fsp3) is 0.512. The first-order valence-electron chi connectivity index (χ1n) is 18.3. The number of unbranched alkanes of at least 4 members (excludes halogenated alkanes) is 2. The second-order valence-electron chi connectivity index (χ2n) is 14.3. The molecule has 0 saturated carbocycles. The maximum Gasteiger partial charge on any atom is 0.313 e. The lowest BCUT2D eigenvalue weighted by Crippen LogP contribution is -2.57. The van der Waals surface area contributed by atoms with Gasteiger partial charge in [0.25, 0.3) is 5.91 Å². The molecule has 0 radical (unpaired) electrons. The summed E-state index contributed by atoms with van der Waals surface area (Å²) in [5, 5.41) is 9.44. The molecule has 2 bridgehead atoms. The number of para-hydroxylation sites is 1. The van der Waals surface area contributed by atoms with E-state index in [2.05, 4.69) is 29.1 Å². The number of fused-ring (bicyclic) bond motifs is 1. The molecule has 11 heteroatoms. The van der Waals surface area contributed by atoms with Gasteiger partial charge in [-0.15, -0.1) is 13.2 Å². The van der Waals surface area contributed by atoms with Crippen molar-refractivity contribution >= 4 is 45.3 Å². The molecular formula is C41H52BrN3O7. The van der Waals surface area contributed by atoms with E-state index in [1.54, 1.807) is 33.9 Å². The van der Waals surface area contributed by atoms with E-state index in [1.807, 2.05) is 69.3 Å². The van der Waals surface area contributed by atoms with Crippen molar-refractivity contribution in [1.82, 2.24) is 9.80 Å². The van der Waals surface area contributed by atoms with Gasteiger partial charge in [0.15, 0.2) is 0 Å². The molecule has 1 N–H and O–H groups in total. The maximum atomic E-state index is 15.0. The topological polar surface area (TPSA) is 117 Å². The SMILES string of the molecule is C=CCCC(=O)N(C)[C@H](C)[C@H](OC(=O)[C@H]1[C@@H]2O[C@@]3(CC2Br)[C@@H]1C(=O)N(CCCCCO)[C@@H]3C(=O)N(CC=C)c1c(C)cccc1C)c1ccccc1. The smallest absolute Gasteiger partial charge is 0.313 e. The van der Waals surface area contributed by atoms with Gasteiger partial charge in [-0.1, -0.05) is 76.6 Å². The molecule has 280 valence electrons. The number of nitrogens with zero attached hydrogens (tertiary/aromatic N) is 3. The first-order valence-corrected chi connectivity index (χ1v) is 19.2. The highest BCUT2D eigenvalue weighted by molar-refractivity contribution is 9.09. The van der Waals surface area contributed by atoms with Crippen LogP contribution < -0.4 is 4.90 Å². The van der Waals surface area contributed by atoms with Crippen LogP contribution in [0, 0.1) is 25.7 Å². The second-order valence-corrected chi connectivity index (χ2v) is 15.5. The zero-order valence-electron chi connectivity index (χ0n) is 30.7. The molecule has 3 saturated heterocycles. The average molecular weight is 779 g/mol. The summed E-state index contributed by atoms with van der Waals surface area (Å²) in [6.45, 7) is 13.9. The third-order valence-electron chi connectivity index (χ3n) is 11.0. The number of carbonyl (C=O) groups excluding carboxylic acids is 4. The van der Waals surface area contributed by atoms with Gasteiger partial charge < -0.3 is 29.3 Å². The number of esters is 1. The summed E-state index contributed by atoms with van der Waals surface area (Å²) in [6.07, 6.45) is 4.79. The summed E-state index contributed by atoms with van der Waals surface area (Å²) in [5.74, 6) is -3.26. The highest BCUT2D eigenvalue weighted by atomic mass is 79.9. The molecule has 3 aliphatic rings. The lowest BCUT2D eigenvalue weighted by Gasteiger charge is -2.38. The van der Waals surface area contributed by atoms with Crippen LogP contribution in [0.2, 0.25) is 0 Å². The number of aliphatic hydroxyl groups is 1. The summed E-state index contributed by atoms with van der Waals surface area (Å²) >= 11 is 3.78. The van der Waals surface area contributed by atoms with Gasteiger partial charge in [0.05, 0.1) is 24.0 Å². The van der Waals surface area contributed by atoms with Crippen molar-refractivity contribution in [3.63, 3.8) is 0 Å². The Kier molecular flexibility index (Phi) is 12.8. The largest absolute Gasteiger partial charge is 0.455 e. The van der Waals surface area contributed by atoms with E-state index in [1.165, 1.54) is 0 Å². The first-order chi connectivity index (χ1) is 24.9. The Balaban J connectivity index is 1.53. The molecule has 52 heavy (non-hydrogen) atoms. The Labute approximate surface area is 315 Å². The molecule has 2 aromatic rings. The fourth-order valence-electron chi connectivity index (χ4n) is 8.41. The number of alkyl halides is 1. The van der Waals surface area contributed by atoms with Gasteiger partial charge in [0.1, 0.15) is 17.7 Å². The minimum absolute atomic E-state index is 0.0303. The number of ether oxygens (including phenoxy) is 2. The van der Waals surface area contributed by atoms with Crippen molar-refractivity contribution in [2.24, 2.45) is 11.8 Å². The summed E-state index contributed by atoms with van der Waals surface area (Å²) < 4.78 is 13.2. The number of likely N-dealkylation sites (N-methyl/N-ethyl adjacent to an activating group) is 1. The van der Waals surface area contributed by atoms with Crippen LogP contribution >= 0.6 is 15.9 Å². The zero-order chi connectivity index (χ0) is 37.7. The molecule has 10 nitrogen and oxygen atoms in total. The van der Waals surface area contributed by atoms with Gasteiger partial charge in [-0.25, -0.2) is 0 Å². The van der Waals surface area contributed by atoms with Crippen molar-refractivity contribution in [3.05, 3.63) is 90.5 Å². The molecule has 5 rings (SSSR count).